The summed E-state index contributed by atoms with van der Waals surface area (Å²) in [7, 11) is -16.9. The summed E-state index contributed by atoms with van der Waals surface area (Å²) in [6, 6.07) is 0. The fourth-order valence-electron chi connectivity index (χ4n) is 3.17. The minimum Gasteiger partial charge on any atom is -0.387 e. The van der Waals surface area contributed by atoms with E-state index in [1.807, 2.05) is 11.9 Å². The van der Waals surface area contributed by atoms with Crippen LogP contribution in [-0.2, 0) is 44.7 Å². The first-order chi connectivity index (χ1) is 17.0. The van der Waals surface area contributed by atoms with Crippen LogP contribution in [0.5, 0.6) is 0 Å². The van der Waals surface area contributed by atoms with E-state index in [0.717, 1.165) is 10.8 Å². The summed E-state index contributed by atoms with van der Waals surface area (Å²) < 4.78 is 53.2. The number of aromatic amines is 1. The molecule has 23 heteroatoms. The number of H-pyrrole nitrogens is 1. The first kappa shape index (κ1) is 29.7. The molecule has 0 amide bonds. The van der Waals surface area contributed by atoms with Crippen molar-refractivity contribution in [3.8, 4) is 0 Å². The van der Waals surface area contributed by atoms with Crippen LogP contribution >= 0.6 is 23.5 Å². The molecule has 3 unspecified atom stereocenters. The van der Waals surface area contributed by atoms with E-state index in [1.165, 1.54) is 4.68 Å². The zero-order valence-electron chi connectivity index (χ0n) is 18.6. The highest BCUT2D eigenvalue weighted by Gasteiger charge is 2.47. The maximum Gasteiger partial charge on any atom is 0.490 e. The molecule has 3 heterocycles. The number of ether oxygens (including phenoxy) is 1. The molecule has 37 heavy (non-hydrogen) atoms. The molecule has 7 N–H and O–H groups in total. The molecule has 0 aliphatic carbocycles. The number of hydrogen-bond donors (Lipinski definition) is 7. The van der Waals surface area contributed by atoms with E-state index >= 15 is 0 Å². The number of aromatic nitrogens is 5. The molecule has 2 aromatic rings. The summed E-state index contributed by atoms with van der Waals surface area (Å²) in [5.41, 5.74) is -1.49. The summed E-state index contributed by atoms with van der Waals surface area (Å²) in [6.45, 7) is 0.578. The van der Waals surface area contributed by atoms with E-state index in [1.54, 1.807) is 6.20 Å². The average molecular weight is 593 g/mol. The molecule has 0 aromatic carbocycles. The molecular weight excluding hydrogens is 571 g/mol. The van der Waals surface area contributed by atoms with Crippen LogP contribution in [0.1, 0.15) is 24.3 Å². The molecule has 2 aromatic heterocycles. The Hall–Kier alpha value is -1.89. The SMILES string of the molecule is CCc1cn(Cn2cc([C@@H]3O[C@H](COP(=O)(O)OP(=O)(O)OP(=O)(O)O)C(O)[C@@H]3O)c(=O)[nH]c2=O)nn1. The largest absolute Gasteiger partial charge is 0.490 e. The van der Waals surface area contributed by atoms with Gasteiger partial charge in [0.25, 0.3) is 5.56 Å². The number of aliphatic hydroxyl groups is 2. The quantitative estimate of drug-likeness (QED) is 0.135. The molecule has 0 radical (unpaired) electrons. The van der Waals surface area contributed by atoms with Gasteiger partial charge in [0.2, 0.25) is 0 Å². The molecule has 0 saturated carbocycles. The third kappa shape index (κ3) is 7.81. The number of hydrogen-bond acceptors (Lipinski definition) is 13. The Morgan fingerprint density at radius 3 is 2.32 bits per heavy atom. The van der Waals surface area contributed by atoms with Gasteiger partial charge in [0, 0.05) is 6.20 Å². The van der Waals surface area contributed by atoms with E-state index < -0.39 is 65.7 Å². The lowest BCUT2D eigenvalue weighted by molar-refractivity contribution is -0.0228. The van der Waals surface area contributed by atoms with Crippen LogP contribution in [0.3, 0.4) is 0 Å². The Morgan fingerprint density at radius 2 is 1.73 bits per heavy atom. The zero-order valence-corrected chi connectivity index (χ0v) is 21.3. The van der Waals surface area contributed by atoms with E-state index in [2.05, 4.69) is 23.5 Å². The molecule has 1 fully saturated rings. The van der Waals surface area contributed by atoms with Gasteiger partial charge in [0.1, 0.15) is 31.1 Å². The van der Waals surface area contributed by atoms with Gasteiger partial charge in [-0.25, -0.2) is 23.2 Å². The second kappa shape index (κ2) is 11.1. The Labute approximate surface area is 205 Å². The maximum atomic E-state index is 12.4. The van der Waals surface area contributed by atoms with Crippen LogP contribution in [-0.4, -0.2) is 79.3 Å². The van der Waals surface area contributed by atoms with Gasteiger partial charge in [-0.1, -0.05) is 12.1 Å². The second-order valence-electron chi connectivity index (χ2n) is 7.52. The Morgan fingerprint density at radius 1 is 1.05 bits per heavy atom. The molecule has 1 aliphatic rings. The molecule has 0 bridgehead atoms. The fourth-order valence-corrected chi connectivity index (χ4v) is 6.20. The Balaban J connectivity index is 1.73. The van der Waals surface area contributed by atoms with Crippen molar-refractivity contribution in [2.45, 2.75) is 44.4 Å². The third-order valence-corrected chi connectivity index (χ3v) is 8.57. The topological polar surface area (TPSA) is 295 Å². The minimum atomic E-state index is -5.77. The summed E-state index contributed by atoms with van der Waals surface area (Å²) in [4.78, 5) is 62.4. The van der Waals surface area contributed by atoms with Gasteiger partial charge >= 0.3 is 29.2 Å². The lowest BCUT2D eigenvalue weighted by atomic mass is 10.0. The maximum absolute atomic E-state index is 12.4. The molecular formula is C14H22N5O15P3. The highest BCUT2D eigenvalue weighted by atomic mass is 31.3. The molecule has 6 atom stereocenters. The Bertz CT molecular complexity index is 1380. The number of phosphoric ester groups is 1. The van der Waals surface area contributed by atoms with Crippen LogP contribution in [0.2, 0.25) is 0 Å². The van der Waals surface area contributed by atoms with E-state index in [0.29, 0.717) is 12.1 Å². The number of rotatable bonds is 11. The zero-order chi connectivity index (χ0) is 27.8. The van der Waals surface area contributed by atoms with Crippen LogP contribution < -0.4 is 11.2 Å². The molecule has 3 rings (SSSR count). The van der Waals surface area contributed by atoms with Crippen LogP contribution in [0.4, 0.5) is 0 Å². The standard InChI is InChI=1S/C14H22N5O15P3/c1-2-7-3-19(17-16-7)6-18-4-8(13(22)15-14(18)23)12-11(21)10(20)9(32-12)5-31-36(27,28)34-37(29,30)33-35(24,25)26/h3-4,9-12,20-21H,2,5-6H2,1H3,(H,27,28)(H,29,30)(H,15,22,23)(H2,24,25,26)/t9-,10?,11+,12+/m1/s1. The highest BCUT2D eigenvalue weighted by Crippen LogP contribution is 2.66. The highest BCUT2D eigenvalue weighted by molar-refractivity contribution is 7.66. The first-order valence-electron chi connectivity index (χ1n) is 10.0. The van der Waals surface area contributed by atoms with E-state index in [-0.39, 0.29) is 12.2 Å². The predicted octanol–water partition coefficient (Wildman–Crippen LogP) is -2.30. The van der Waals surface area contributed by atoms with Gasteiger partial charge in [0.15, 0.2) is 0 Å². The molecule has 208 valence electrons. The smallest absolute Gasteiger partial charge is 0.387 e. The number of aryl methyl sites for hydroxylation is 1. The van der Waals surface area contributed by atoms with Crippen LogP contribution in [0.25, 0.3) is 0 Å². The fraction of sp³-hybridized carbons (Fsp3) is 0.571. The number of nitrogens with zero attached hydrogens (tertiary/aromatic N) is 4. The van der Waals surface area contributed by atoms with Gasteiger partial charge < -0.3 is 34.5 Å². The summed E-state index contributed by atoms with van der Waals surface area (Å²) in [5.74, 6) is 0. The molecule has 20 nitrogen and oxygen atoms in total. The van der Waals surface area contributed by atoms with Crippen molar-refractivity contribution in [2.24, 2.45) is 0 Å². The third-order valence-electron chi connectivity index (χ3n) is 4.77. The summed E-state index contributed by atoms with van der Waals surface area (Å²) >= 11 is 0. The lowest BCUT2D eigenvalue weighted by Crippen LogP contribution is -2.37. The summed E-state index contributed by atoms with van der Waals surface area (Å²) in [5, 5.41) is 28.3. The molecule has 1 saturated heterocycles. The van der Waals surface area contributed by atoms with Crippen LogP contribution in [0.15, 0.2) is 22.0 Å². The average Bonchev–Trinajstić information content (AvgIpc) is 3.31. The van der Waals surface area contributed by atoms with Crippen molar-refractivity contribution in [3.05, 3.63) is 44.5 Å². The van der Waals surface area contributed by atoms with Gasteiger partial charge in [-0.15, -0.1) is 5.10 Å². The number of phosphoric acid groups is 3. The Kier molecular flexibility index (Phi) is 8.88. The normalized spacial score (nSPS) is 25.6. The van der Waals surface area contributed by atoms with Gasteiger partial charge in [-0.3, -0.25) is 18.9 Å². The van der Waals surface area contributed by atoms with E-state index in [9.17, 15) is 43.3 Å². The van der Waals surface area contributed by atoms with Crippen LogP contribution in [0, 0.1) is 0 Å². The first-order valence-corrected chi connectivity index (χ1v) is 14.5. The van der Waals surface area contributed by atoms with Crippen molar-refractivity contribution >= 4 is 23.5 Å². The predicted molar refractivity (Wildman–Crippen MR) is 116 cm³/mol. The van der Waals surface area contributed by atoms with Crippen molar-refractivity contribution in [3.63, 3.8) is 0 Å². The molecule has 1 aliphatic heterocycles. The van der Waals surface area contributed by atoms with Crippen molar-refractivity contribution in [2.75, 3.05) is 6.61 Å². The minimum absolute atomic E-state index is 0.184. The van der Waals surface area contributed by atoms with E-state index in [4.69, 9.17) is 14.5 Å². The summed E-state index contributed by atoms with van der Waals surface area (Å²) in [6.07, 6.45) is -3.65. The number of aliphatic hydroxyl groups excluding tert-OH is 2. The van der Waals surface area contributed by atoms with Gasteiger partial charge in [0.05, 0.1) is 24.1 Å². The van der Waals surface area contributed by atoms with Gasteiger partial charge in [-0.2, -0.15) is 8.62 Å². The lowest BCUT2D eigenvalue weighted by Gasteiger charge is -2.19. The van der Waals surface area contributed by atoms with Crippen molar-refractivity contribution in [1.82, 2.24) is 24.5 Å². The monoisotopic (exact) mass is 593 g/mol. The van der Waals surface area contributed by atoms with Gasteiger partial charge in [-0.05, 0) is 6.42 Å². The van der Waals surface area contributed by atoms with Crippen molar-refractivity contribution in [1.29, 1.82) is 0 Å². The molecule has 0 spiro atoms. The number of nitrogens with one attached hydrogen (secondary N) is 1. The second-order valence-corrected chi connectivity index (χ2v) is 11.9. The van der Waals surface area contributed by atoms with Crippen molar-refractivity contribution < 1.29 is 61.4 Å².